The number of benzene rings is 2. The van der Waals surface area contributed by atoms with E-state index in [9.17, 15) is 4.79 Å². The van der Waals surface area contributed by atoms with Crippen molar-refractivity contribution in [3.8, 4) is 16.9 Å². The van der Waals surface area contributed by atoms with E-state index in [1.54, 1.807) is 7.11 Å². The van der Waals surface area contributed by atoms with Crippen LogP contribution in [0.15, 0.2) is 46.9 Å². The molecule has 158 valence electrons. The second-order valence-corrected chi connectivity index (χ2v) is 8.02. The maximum atomic E-state index is 12.8. The number of likely N-dealkylation sites (tertiary alicyclic amines) is 1. The van der Waals surface area contributed by atoms with Gasteiger partial charge in [0.05, 0.1) is 7.11 Å². The summed E-state index contributed by atoms with van der Waals surface area (Å²) in [6.45, 7) is 2.98. The molecular formula is C25H30N2O3. The lowest BCUT2D eigenvalue weighted by molar-refractivity contribution is -0.132. The summed E-state index contributed by atoms with van der Waals surface area (Å²) < 4.78 is 11.4. The van der Waals surface area contributed by atoms with Crippen LogP contribution in [0, 0.1) is 0 Å². The molecule has 0 saturated carbocycles. The van der Waals surface area contributed by atoms with E-state index in [2.05, 4.69) is 13.0 Å². The van der Waals surface area contributed by atoms with Crippen molar-refractivity contribution in [2.45, 2.75) is 57.9 Å². The van der Waals surface area contributed by atoms with E-state index in [0.717, 1.165) is 60.2 Å². The van der Waals surface area contributed by atoms with Crippen molar-refractivity contribution < 1.29 is 13.9 Å². The molecule has 1 atom stereocenters. The summed E-state index contributed by atoms with van der Waals surface area (Å²) in [5, 5.41) is 0. The summed E-state index contributed by atoms with van der Waals surface area (Å²) in [5.74, 6) is 1.72. The van der Waals surface area contributed by atoms with E-state index in [1.807, 2.05) is 41.3 Å². The van der Waals surface area contributed by atoms with Gasteiger partial charge >= 0.3 is 0 Å². The lowest BCUT2D eigenvalue weighted by Gasteiger charge is -2.22. The highest BCUT2D eigenvalue weighted by molar-refractivity contribution is 5.81. The molecule has 0 unspecified atom stereocenters. The molecule has 4 rings (SSSR count). The van der Waals surface area contributed by atoms with E-state index < -0.39 is 0 Å². The number of amides is 1. The van der Waals surface area contributed by atoms with Crippen LogP contribution in [0.2, 0.25) is 0 Å². The lowest BCUT2D eigenvalue weighted by atomic mass is 10.1. The summed E-state index contributed by atoms with van der Waals surface area (Å²) in [6.07, 6.45) is 6.99. The first-order chi connectivity index (χ1) is 14.7. The van der Waals surface area contributed by atoms with Crippen LogP contribution in [0.4, 0.5) is 0 Å². The Balaban J connectivity index is 1.53. The molecule has 1 aliphatic heterocycles. The minimum Gasteiger partial charge on any atom is -0.497 e. The highest BCUT2D eigenvalue weighted by Crippen LogP contribution is 2.35. The van der Waals surface area contributed by atoms with Gasteiger partial charge < -0.3 is 14.1 Å². The third-order valence-electron chi connectivity index (χ3n) is 5.91. The molecule has 1 amide bonds. The molecular weight excluding hydrogens is 376 g/mol. The number of fused-ring (bicyclic) bond motifs is 1. The Hall–Kier alpha value is -2.82. The molecule has 30 heavy (non-hydrogen) atoms. The van der Waals surface area contributed by atoms with Gasteiger partial charge in [-0.3, -0.25) is 4.79 Å². The van der Waals surface area contributed by atoms with E-state index in [1.165, 1.54) is 12.8 Å². The van der Waals surface area contributed by atoms with Gasteiger partial charge in [0.25, 0.3) is 0 Å². The predicted octanol–water partition coefficient (Wildman–Crippen LogP) is 6.14. The maximum absolute atomic E-state index is 12.8. The highest BCUT2D eigenvalue weighted by Gasteiger charge is 2.33. The zero-order valence-electron chi connectivity index (χ0n) is 17.9. The summed E-state index contributed by atoms with van der Waals surface area (Å²) in [5.41, 5.74) is 3.73. The zero-order valence-corrected chi connectivity index (χ0v) is 17.9. The molecule has 1 fully saturated rings. The molecule has 0 bridgehead atoms. The first-order valence-corrected chi connectivity index (χ1v) is 11.0. The monoisotopic (exact) mass is 406 g/mol. The van der Waals surface area contributed by atoms with Gasteiger partial charge in [0.15, 0.2) is 5.58 Å². The summed E-state index contributed by atoms with van der Waals surface area (Å²) >= 11 is 0. The van der Waals surface area contributed by atoms with Gasteiger partial charge in [-0.1, -0.05) is 44.4 Å². The van der Waals surface area contributed by atoms with Crippen LogP contribution in [-0.2, 0) is 4.79 Å². The van der Waals surface area contributed by atoms with Gasteiger partial charge in [-0.2, -0.15) is 0 Å². The number of carbonyl (C=O) groups is 1. The second-order valence-electron chi connectivity index (χ2n) is 8.02. The standard InChI is InChI=1S/C25H30N2O3/c1-3-4-5-6-12-24(28)27-15-8-11-22(27)25-26-21-17-19(13-14-23(21)30-25)18-9-7-10-20(16-18)29-2/h7,9-10,13-14,16-17,22H,3-6,8,11-12,15H2,1-2H3/t22-/m0/s1. The smallest absolute Gasteiger partial charge is 0.223 e. The molecule has 5 heteroatoms. The van der Waals surface area contributed by atoms with Gasteiger partial charge in [-0.15, -0.1) is 0 Å². The van der Waals surface area contributed by atoms with Crippen LogP contribution < -0.4 is 4.74 Å². The van der Waals surface area contributed by atoms with Crippen LogP contribution in [-0.4, -0.2) is 29.4 Å². The Bertz CT molecular complexity index is 1010. The second kappa shape index (κ2) is 9.33. The molecule has 0 spiro atoms. The number of carbonyl (C=O) groups excluding carboxylic acids is 1. The molecule has 0 N–H and O–H groups in total. The van der Waals surface area contributed by atoms with E-state index in [0.29, 0.717) is 12.3 Å². The number of ether oxygens (including phenoxy) is 1. The molecule has 2 heterocycles. The summed E-state index contributed by atoms with van der Waals surface area (Å²) in [4.78, 5) is 19.5. The number of unbranched alkanes of at least 4 members (excludes halogenated alkanes) is 3. The molecule has 3 aromatic rings. The average molecular weight is 407 g/mol. The molecule has 0 aliphatic carbocycles. The van der Waals surface area contributed by atoms with Crippen molar-refractivity contribution in [1.82, 2.24) is 9.88 Å². The summed E-state index contributed by atoms with van der Waals surface area (Å²) in [7, 11) is 1.67. The quantitative estimate of drug-likeness (QED) is 0.422. The molecule has 0 radical (unpaired) electrons. The van der Waals surface area contributed by atoms with E-state index in [4.69, 9.17) is 14.1 Å². The van der Waals surface area contributed by atoms with Crippen molar-refractivity contribution in [3.63, 3.8) is 0 Å². The van der Waals surface area contributed by atoms with E-state index >= 15 is 0 Å². The third-order valence-corrected chi connectivity index (χ3v) is 5.91. The highest BCUT2D eigenvalue weighted by atomic mass is 16.5. The Labute approximate surface area is 178 Å². The van der Waals surface area contributed by atoms with Crippen molar-refractivity contribution in [3.05, 3.63) is 48.4 Å². The largest absolute Gasteiger partial charge is 0.497 e. The van der Waals surface area contributed by atoms with Gasteiger partial charge in [-0.05, 0) is 54.7 Å². The number of hydrogen-bond acceptors (Lipinski definition) is 4. The van der Waals surface area contributed by atoms with Crippen molar-refractivity contribution in [2.75, 3.05) is 13.7 Å². The Morgan fingerprint density at radius 3 is 2.87 bits per heavy atom. The zero-order chi connectivity index (χ0) is 20.9. The lowest BCUT2D eigenvalue weighted by Crippen LogP contribution is -2.30. The Morgan fingerprint density at radius 2 is 2.03 bits per heavy atom. The molecule has 1 aliphatic rings. The fourth-order valence-electron chi connectivity index (χ4n) is 4.24. The fraction of sp³-hybridized carbons (Fsp3) is 0.440. The number of aromatic nitrogens is 1. The third kappa shape index (κ3) is 4.35. The van der Waals surface area contributed by atoms with Crippen molar-refractivity contribution in [2.24, 2.45) is 0 Å². The number of nitrogens with zero attached hydrogens (tertiary/aromatic N) is 2. The van der Waals surface area contributed by atoms with Gasteiger partial charge in [0, 0.05) is 13.0 Å². The van der Waals surface area contributed by atoms with Crippen LogP contribution in [0.25, 0.3) is 22.2 Å². The summed E-state index contributed by atoms with van der Waals surface area (Å²) in [6, 6.07) is 14.0. The van der Waals surface area contributed by atoms with Crippen LogP contribution in [0.5, 0.6) is 5.75 Å². The topological polar surface area (TPSA) is 55.6 Å². The van der Waals surface area contributed by atoms with Crippen LogP contribution >= 0.6 is 0 Å². The molecule has 1 saturated heterocycles. The predicted molar refractivity (Wildman–Crippen MR) is 118 cm³/mol. The minimum atomic E-state index is -0.0451. The molecule has 1 aromatic heterocycles. The normalized spacial score (nSPS) is 16.3. The van der Waals surface area contributed by atoms with Gasteiger partial charge in [-0.25, -0.2) is 4.98 Å². The molecule has 5 nitrogen and oxygen atoms in total. The van der Waals surface area contributed by atoms with Crippen molar-refractivity contribution in [1.29, 1.82) is 0 Å². The first-order valence-electron chi connectivity index (χ1n) is 11.0. The van der Waals surface area contributed by atoms with Crippen LogP contribution in [0.1, 0.15) is 63.8 Å². The van der Waals surface area contributed by atoms with Crippen LogP contribution in [0.3, 0.4) is 0 Å². The SMILES string of the molecule is CCCCCCC(=O)N1CCC[C@H]1c1nc2cc(-c3cccc(OC)c3)ccc2o1. The Morgan fingerprint density at radius 1 is 1.17 bits per heavy atom. The average Bonchev–Trinajstić information content (AvgIpc) is 3.43. The minimum absolute atomic E-state index is 0.0451. The van der Waals surface area contributed by atoms with Gasteiger partial charge in [0.2, 0.25) is 11.8 Å². The van der Waals surface area contributed by atoms with Crippen molar-refractivity contribution >= 4 is 17.0 Å². The van der Waals surface area contributed by atoms with Gasteiger partial charge in [0.1, 0.15) is 17.3 Å². The first kappa shape index (κ1) is 20.5. The molecule has 2 aromatic carbocycles. The number of oxazole rings is 1. The number of hydrogen-bond donors (Lipinski definition) is 0. The maximum Gasteiger partial charge on any atom is 0.223 e. The number of rotatable bonds is 8. The Kier molecular flexibility index (Phi) is 6.36. The number of methoxy groups -OCH3 is 1. The fourth-order valence-corrected chi connectivity index (χ4v) is 4.24. The van der Waals surface area contributed by atoms with E-state index in [-0.39, 0.29) is 11.9 Å².